The minimum atomic E-state index is -0.761. The maximum atomic E-state index is 13.8. The van der Waals surface area contributed by atoms with Crippen molar-refractivity contribution in [3.63, 3.8) is 0 Å². The zero-order valence-corrected chi connectivity index (χ0v) is 10.2. The van der Waals surface area contributed by atoms with E-state index in [-0.39, 0.29) is 30.9 Å². The monoisotopic (exact) mass is 261 g/mol. The van der Waals surface area contributed by atoms with Gasteiger partial charge in [0.2, 0.25) is 0 Å². The Kier molecular flexibility index (Phi) is 5.97. The van der Waals surface area contributed by atoms with E-state index < -0.39 is 18.2 Å². The maximum absolute atomic E-state index is 13.8. The summed E-state index contributed by atoms with van der Waals surface area (Å²) in [6, 6.07) is 2.16. The number of nitrogens with zero attached hydrogens (tertiary/aromatic N) is 1. The van der Waals surface area contributed by atoms with E-state index in [9.17, 15) is 8.78 Å². The standard InChI is InChI=1S/C12H17F2NO3/c1-18-5-3-15(2-4-16)12-10(13)6-9(8-17)7-11(12)14/h6-7,16-17H,2-5,8H2,1H3. The van der Waals surface area contributed by atoms with Gasteiger partial charge in [-0.2, -0.15) is 0 Å². The fourth-order valence-corrected chi connectivity index (χ4v) is 1.67. The first-order valence-corrected chi connectivity index (χ1v) is 5.57. The van der Waals surface area contributed by atoms with Gasteiger partial charge in [0.25, 0.3) is 0 Å². The first-order chi connectivity index (χ1) is 8.63. The number of aliphatic hydroxyl groups is 2. The van der Waals surface area contributed by atoms with E-state index in [1.807, 2.05) is 0 Å². The fraction of sp³-hybridized carbons (Fsp3) is 0.500. The molecule has 0 aliphatic heterocycles. The zero-order valence-electron chi connectivity index (χ0n) is 10.2. The van der Waals surface area contributed by atoms with Gasteiger partial charge in [-0.05, 0) is 17.7 Å². The van der Waals surface area contributed by atoms with Crippen LogP contribution in [0.3, 0.4) is 0 Å². The average Bonchev–Trinajstić information content (AvgIpc) is 2.34. The molecule has 0 unspecified atom stereocenters. The number of anilines is 1. The van der Waals surface area contributed by atoms with Crippen LogP contribution in [0.2, 0.25) is 0 Å². The first-order valence-electron chi connectivity index (χ1n) is 5.57. The number of benzene rings is 1. The summed E-state index contributed by atoms with van der Waals surface area (Å²) in [7, 11) is 1.48. The Morgan fingerprint density at radius 3 is 2.22 bits per heavy atom. The minimum absolute atomic E-state index is 0.107. The molecule has 0 fully saturated rings. The molecular formula is C12H17F2NO3. The summed E-state index contributed by atoms with van der Waals surface area (Å²) in [6.45, 7) is 0.0240. The van der Waals surface area contributed by atoms with E-state index in [1.54, 1.807) is 0 Å². The summed E-state index contributed by atoms with van der Waals surface area (Å²) < 4.78 is 32.4. The summed E-state index contributed by atoms with van der Waals surface area (Å²) in [4.78, 5) is 1.37. The highest BCUT2D eigenvalue weighted by molar-refractivity contribution is 5.50. The van der Waals surface area contributed by atoms with E-state index in [4.69, 9.17) is 14.9 Å². The van der Waals surface area contributed by atoms with Crippen molar-refractivity contribution in [2.45, 2.75) is 6.61 Å². The molecule has 0 radical (unpaired) electrons. The number of methoxy groups -OCH3 is 1. The number of aliphatic hydroxyl groups excluding tert-OH is 2. The average molecular weight is 261 g/mol. The molecule has 1 aromatic rings. The topological polar surface area (TPSA) is 52.9 Å². The highest BCUT2D eigenvalue weighted by Crippen LogP contribution is 2.24. The SMILES string of the molecule is COCCN(CCO)c1c(F)cc(CO)cc1F. The van der Waals surface area contributed by atoms with E-state index in [2.05, 4.69) is 0 Å². The lowest BCUT2D eigenvalue weighted by molar-refractivity contribution is 0.202. The van der Waals surface area contributed by atoms with Crippen molar-refractivity contribution in [2.24, 2.45) is 0 Å². The van der Waals surface area contributed by atoms with E-state index in [0.29, 0.717) is 6.61 Å². The van der Waals surface area contributed by atoms with Gasteiger partial charge in [-0.25, -0.2) is 8.78 Å². The summed E-state index contributed by atoms with van der Waals surface area (Å²) in [5.74, 6) is -1.52. The van der Waals surface area contributed by atoms with Crippen LogP contribution in [0.25, 0.3) is 0 Å². The van der Waals surface area contributed by atoms with Crippen molar-refractivity contribution in [3.05, 3.63) is 29.3 Å². The Morgan fingerprint density at radius 2 is 1.78 bits per heavy atom. The van der Waals surface area contributed by atoms with Crippen LogP contribution in [0.5, 0.6) is 0 Å². The number of halogens is 2. The Hall–Kier alpha value is -1.24. The van der Waals surface area contributed by atoms with Crippen LogP contribution >= 0.6 is 0 Å². The molecule has 0 amide bonds. The molecule has 0 saturated carbocycles. The van der Waals surface area contributed by atoms with Gasteiger partial charge in [0, 0.05) is 20.2 Å². The third-order valence-corrected chi connectivity index (χ3v) is 2.51. The van der Waals surface area contributed by atoms with Gasteiger partial charge in [0.15, 0.2) is 0 Å². The van der Waals surface area contributed by atoms with Crippen molar-refractivity contribution >= 4 is 5.69 Å². The Labute approximate surface area is 104 Å². The molecule has 0 bridgehead atoms. The molecule has 0 aromatic heterocycles. The molecule has 0 spiro atoms. The quantitative estimate of drug-likeness (QED) is 0.766. The lowest BCUT2D eigenvalue weighted by Crippen LogP contribution is -2.31. The second-order valence-corrected chi connectivity index (χ2v) is 3.77. The van der Waals surface area contributed by atoms with Crippen LogP contribution in [0.4, 0.5) is 14.5 Å². The van der Waals surface area contributed by atoms with Gasteiger partial charge >= 0.3 is 0 Å². The van der Waals surface area contributed by atoms with E-state index >= 15 is 0 Å². The number of ether oxygens (including phenoxy) is 1. The molecule has 6 heteroatoms. The molecule has 102 valence electrons. The van der Waals surface area contributed by atoms with Gasteiger partial charge in [0.1, 0.15) is 17.3 Å². The van der Waals surface area contributed by atoms with Gasteiger partial charge in [0.05, 0.1) is 19.8 Å². The van der Waals surface area contributed by atoms with Crippen LogP contribution in [0.1, 0.15) is 5.56 Å². The first kappa shape index (κ1) is 14.8. The molecule has 0 atom stereocenters. The molecule has 1 aromatic carbocycles. The van der Waals surface area contributed by atoms with Gasteiger partial charge in [-0.3, -0.25) is 0 Å². The second-order valence-electron chi connectivity index (χ2n) is 3.77. The number of hydrogen-bond donors (Lipinski definition) is 2. The van der Waals surface area contributed by atoms with E-state index in [0.717, 1.165) is 12.1 Å². The number of rotatable bonds is 7. The molecule has 4 nitrogen and oxygen atoms in total. The number of hydrogen-bond acceptors (Lipinski definition) is 4. The molecule has 0 heterocycles. The zero-order chi connectivity index (χ0) is 13.5. The second kappa shape index (κ2) is 7.25. The minimum Gasteiger partial charge on any atom is -0.395 e. The van der Waals surface area contributed by atoms with E-state index in [1.165, 1.54) is 12.0 Å². The molecule has 1 rings (SSSR count). The van der Waals surface area contributed by atoms with Gasteiger partial charge < -0.3 is 19.8 Å². The summed E-state index contributed by atoms with van der Waals surface area (Å²) in [5, 5.41) is 17.8. The molecule has 2 N–H and O–H groups in total. The lowest BCUT2D eigenvalue weighted by atomic mass is 10.1. The van der Waals surface area contributed by atoms with Crippen LogP contribution in [0.15, 0.2) is 12.1 Å². The Morgan fingerprint density at radius 1 is 1.17 bits per heavy atom. The summed E-state index contributed by atoms with van der Waals surface area (Å²) in [6.07, 6.45) is 0. The largest absolute Gasteiger partial charge is 0.395 e. The highest BCUT2D eigenvalue weighted by atomic mass is 19.1. The lowest BCUT2D eigenvalue weighted by Gasteiger charge is -2.24. The normalized spacial score (nSPS) is 10.7. The fourth-order valence-electron chi connectivity index (χ4n) is 1.67. The van der Waals surface area contributed by atoms with Crippen molar-refractivity contribution in [3.8, 4) is 0 Å². The van der Waals surface area contributed by atoms with Crippen molar-refractivity contribution in [2.75, 3.05) is 38.3 Å². The molecule has 0 saturated heterocycles. The molecule has 18 heavy (non-hydrogen) atoms. The van der Waals surface area contributed by atoms with Crippen LogP contribution < -0.4 is 4.90 Å². The third-order valence-electron chi connectivity index (χ3n) is 2.51. The van der Waals surface area contributed by atoms with Gasteiger partial charge in [-0.15, -0.1) is 0 Å². The molecule has 0 aliphatic carbocycles. The summed E-state index contributed by atoms with van der Waals surface area (Å²) >= 11 is 0. The van der Waals surface area contributed by atoms with Crippen molar-refractivity contribution < 1.29 is 23.7 Å². The highest BCUT2D eigenvalue weighted by Gasteiger charge is 2.17. The Balaban J connectivity index is 3.02. The maximum Gasteiger partial charge on any atom is 0.149 e. The van der Waals surface area contributed by atoms with Crippen molar-refractivity contribution in [1.29, 1.82) is 0 Å². The van der Waals surface area contributed by atoms with Crippen LogP contribution in [-0.4, -0.2) is 43.6 Å². The molecular weight excluding hydrogens is 244 g/mol. The Bertz CT molecular complexity index is 365. The molecule has 0 aliphatic rings. The van der Waals surface area contributed by atoms with Crippen molar-refractivity contribution in [1.82, 2.24) is 0 Å². The third kappa shape index (κ3) is 3.63. The smallest absolute Gasteiger partial charge is 0.149 e. The van der Waals surface area contributed by atoms with Gasteiger partial charge in [-0.1, -0.05) is 0 Å². The predicted octanol–water partition coefficient (Wildman–Crippen LogP) is 0.902. The predicted molar refractivity (Wildman–Crippen MR) is 63.5 cm³/mol. The van der Waals surface area contributed by atoms with Crippen LogP contribution in [-0.2, 0) is 11.3 Å². The van der Waals surface area contributed by atoms with Crippen LogP contribution in [0, 0.1) is 11.6 Å². The summed E-state index contributed by atoms with van der Waals surface area (Å²) in [5.41, 5.74) is -0.0391.